The van der Waals surface area contributed by atoms with Crippen LogP contribution in [0.15, 0.2) is 24.3 Å². The third-order valence-corrected chi connectivity index (χ3v) is 3.51. The van der Waals surface area contributed by atoms with Crippen molar-refractivity contribution in [3.05, 3.63) is 29.8 Å². The van der Waals surface area contributed by atoms with Crippen LogP contribution < -0.4 is 11.1 Å². The normalized spacial score (nSPS) is 12.2. The van der Waals surface area contributed by atoms with Gasteiger partial charge in [-0.05, 0) is 38.6 Å². The van der Waals surface area contributed by atoms with E-state index in [1.807, 2.05) is 31.2 Å². The van der Waals surface area contributed by atoms with Crippen LogP contribution in [-0.4, -0.2) is 34.9 Å². The van der Waals surface area contributed by atoms with Gasteiger partial charge in [0.05, 0.1) is 11.7 Å². The predicted octanol–water partition coefficient (Wildman–Crippen LogP) is 2.38. The quantitative estimate of drug-likeness (QED) is 0.758. The van der Waals surface area contributed by atoms with Crippen molar-refractivity contribution in [1.82, 2.24) is 4.90 Å². The third-order valence-electron chi connectivity index (χ3n) is 3.29. The first-order valence-corrected chi connectivity index (χ1v) is 7.35. The monoisotopic (exact) mass is 293 g/mol. The van der Waals surface area contributed by atoms with Crippen LogP contribution in [0.2, 0.25) is 0 Å². The van der Waals surface area contributed by atoms with E-state index in [1.54, 1.807) is 0 Å². The molecule has 1 unspecified atom stereocenters. The van der Waals surface area contributed by atoms with E-state index in [9.17, 15) is 4.79 Å². The number of carbonyl (C=O) groups is 1. The Bertz CT molecular complexity index is 476. The van der Waals surface area contributed by atoms with Gasteiger partial charge in [0.1, 0.15) is 4.99 Å². The summed E-state index contributed by atoms with van der Waals surface area (Å²) in [6, 6.07) is 7.15. The number of nitrogens with one attached hydrogen (secondary N) is 1. The van der Waals surface area contributed by atoms with Crippen LogP contribution in [0.3, 0.4) is 0 Å². The van der Waals surface area contributed by atoms with Gasteiger partial charge in [-0.25, -0.2) is 0 Å². The third kappa shape index (κ3) is 4.28. The van der Waals surface area contributed by atoms with Crippen molar-refractivity contribution in [3.63, 3.8) is 0 Å². The molecule has 0 heterocycles. The summed E-state index contributed by atoms with van der Waals surface area (Å²) in [5, 5.41) is 2.92. The van der Waals surface area contributed by atoms with Crippen molar-refractivity contribution in [3.8, 4) is 0 Å². The number of nitrogens with two attached hydrogens (primary N) is 1. The summed E-state index contributed by atoms with van der Waals surface area (Å²) >= 11 is 5.00. The van der Waals surface area contributed by atoms with Crippen molar-refractivity contribution >= 4 is 28.8 Å². The lowest BCUT2D eigenvalue weighted by Gasteiger charge is -2.26. The SMILES string of the molecule is CCCN(CC)C(C)C(=O)Nc1ccccc1C(N)=S. The lowest BCUT2D eigenvalue weighted by atomic mass is 10.1. The van der Waals surface area contributed by atoms with Gasteiger partial charge in [-0.3, -0.25) is 9.69 Å². The van der Waals surface area contributed by atoms with Gasteiger partial charge in [0, 0.05) is 5.56 Å². The molecule has 0 saturated heterocycles. The van der Waals surface area contributed by atoms with Crippen molar-refractivity contribution in [2.75, 3.05) is 18.4 Å². The number of anilines is 1. The molecule has 0 aliphatic carbocycles. The first-order valence-electron chi connectivity index (χ1n) is 6.95. The van der Waals surface area contributed by atoms with Crippen LogP contribution in [0.5, 0.6) is 0 Å². The average molecular weight is 293 g/mol. The van der Waals surface area contributed by atoms with E-state index >= 15 is 0 Å². The summed E-state index contributed by atoms with van der Waals surface area (Å²) < 4.78 is 0. The van der Waals surface area contributed by atoms with E-state index in [-0.39, 0.29) is 16.9 Å². The minimum Gasteiger partial charge on any atom is -0.389 e. The second-order valence-corrected chi connectivity index (χ2v) is 5.14. The van der Waals surface area contributed by atoms with E-state index < -0.39 is 0 Å². The largest absolute Gasteiger partial charge is 0.389 e. The number of para-hydroxylation sites is 1. The molecule has 0 fully saturated rings. The zero-order valence-corrected chi connectivity index (χ0v) is 13.2. The van der Waals surface area contributed by atoms with Gasteiger partial charge in [-0.2, -0.15) is 0 Å². The molecular weight excluding hydrogens is 270 g/mol. The molecule has 0 aliphatic heterocycles. The Morgan fingerprint density at radius 2 is 2.05 bits per heavy atom. The molecule has 1 atom stereocenters. The summed E-state index contributed by atoms with van der Waals surface area (Å²) in [5.74, 6) is -0.0380. The molecule has 1 aromatic carbocycles. The fraction of sp³-hybridized carbons (Fsp3) is 0.467. The van der Waals surface area contributed by atoms with Crippen LogP contribution in [0.25, 0.3) is 0 Å². The van der Waals surface area contributed by atoms with Gasteiger partial charge in [0.15, 0.2) is 0 Å². The molecule has 0 radical (unpaired) electrons. The minimum absolute atomic E-state index is 0.0380. The number of thiocarbonyl (C=S) groups is 1. The maximum atomic E-state index is 12.3. The molecule has 0 aliphatic rings. The second-order valence-electron chi connectivity index (χ2n) is 4.70. The summed E-state index contributed by atoms with van der Waals surface area (Å²) in [6.45, 7) is 7.83. The Balaban J connectivity index is 2.82. The highest BCUT2D eigenvalue weighted by Crippen LogP contribution is 2.15. The van der Waals surface area contributed by atoms with Crippen molar-refractivity contribution < 1.29 is 4.79 Å². The van der Waals surface area contributed by atoms with Crippen molar-refractivity contribution in [1.29, 1.82) is 0 Å². The topological polar surface area (TPSA) is 58.4 Å². The molecule has 0 spiro atoms. The van der Waals surface area contributed by atoms with Gasteiger partial charge in [0.25, 0.3) is 0 Å². The fourth-order valence-electron chi connectivity index (χ4n) is 2.12. The molecule has 5 heteroatoms. The maximum absolute atomic E-state index is 12.3. The number of benzene rings is 1. The first-order chi connectivity index (χ1) is 9.51. The number of likely N-dealkylation sites (N-methyl/N-ethyl adjacent to an activating group) is 1. The van der Waals surface area contributed by atoms with E-state index in [0.717, 1.165) is 19.5 Å². The average Bonchev–Trinajstić information content (AvgIpc) is 2.44. The molecule has 0 bridgehead atoms. The zero-order valence-electron chi connectivity index (χ0n) is 12.3. The molecule has 110 valence electrons. The van der Waals surface area contributed by atoms with E-state index in [2.05, 4.69) is 24.1 Å². The van der Waals surface area contributed by atoms with Crippen LogP contribution in [0.4, 0.5) is 5.69 Å². The summed E-state index contributed by atoms with van der Waals surface area (Å²) in [6.07, 6.45) is 1.02. The molecule has 1 aromatic rings. The number of hydrogen-bond donors (Lipinski definition) is 2. The van der Waals surface area contributed by atoms with Crippen LogP contribution in [0, 0.1) is 0 Å². The number of rotatable bonds is 7. The molecule has 4 nitrogen and oxygen atoms in total. The van der Waals surface area contributed by atoms with Crippen LogP contribution >= 0.6 is 12.2 Å². The van der Waals surface area contributed by atoms with Gasteiger partial charge in [-0.1, -0.05) is 38.2 Å². The summed E-state index contributed by atoms with van der Waals surface area (Å²) in [7, 11) is 0. The van der Waals surface area contributed by atoms with E-state index in [0.29, 0.717) is 11.3 Å². The van der Waals surface area contributed by atoms with E-state index in [1.165, 1.54) is 0 Å². The highest BCUT2D eigenvalue weighted by atomic mass is 32.1. The highest BCUT2D eigenvalue weighted by Gasteiger charge is 2.20. The fourth-order valence-corrected chi connectivity index (χ4v) is 2.30. The smallest absolute Gasteiger partial charge is 0.241 e. The van der Waals surface area contributed by atoms with Gasteiger partial charge in [-0.15, -0.1) is 0 Å². The van der Waals surface area contributed by atoms with Gasteiger partial charge < -0.3 is 11.1 Å². The predicted molar refractivity (Wildman–Crippen MR) is 88.0 cm³/mol. The summed E-state index contributed by atoms with van der Waals surface area (Å²) in [5.41, 5.74) is 7.04. The molecule has 1 amide bonds. The second kappa shape index (κ2) is 7.97. The molecule has 0 saturated carbocycles. The Labute approximate surface area is 126 Å². The molecule has 20 heavy (non-hydrogen) atoms. The molecular formula is C15H23N3OS. The van der Waals surface area contributed by atoms with Crippen molar-refractivity contribution in [2.45, 2.75) is 33.2 Å². The Morgan fingerprint density at radius 1 is 1.40 bits per heavy atom. The van der Waals surface area contributed by atoms with E-state index in [4.69, 9.17) is 18.0 Å². The Hall–Kier alpha value is -1.46. The molecule has 0 aromatic heterocycles. The molecule has 3 N–H and O–H groups in total. The lowest BCUT2D eigenvalue weighted by molar-refractivity contribution is -0.120. The van der Waals surface area contributed by atoms with Crippen molar-refractivity contribution in [2.24, 2.45) is 5.73 Å². The van der Waals surface area contributed by atoms with Crippen LogP contribution in [0.1, 0.15) is 32.8 Å². The maximum Gasteiger partial charge on any atom is 0.241 e. The standard InChI is InChI=1S/C15H23N3OS/c1-4-10-18(5-2)11(3)15(19)17-13-9-7-6-8-12(13)14(16)20/h6-9,11H,4-5,10H2,1-3H3,(H2,16,20)(H,17,19). The Kier molecular flexibility index (Phi) is 6.61. The highest BCUT2D eigenvalue weighted by molar-refractivity contribution is 7.80. The number of amides is 1. The van der Waals surface area contributed by atoms with Gasteiger partial charge in [0.2, 0.25) is 5.91 Å². The van der Waals surface area contributed by atoms with Gasteiger partial charge >= 0.3 is 0 Å². The minimum atomic E-state index is -0.181. The first kappa shape index (κ1) is 16.6. The van der Waals surface area contributed by atoms with Crippen LogP contribution in [-0.2, 0) is 4.79 Å². The lowest BCUT2D eigenvalue weighted by Crippen LogP contribution is -2.42. The summed E-state index contributed by atoms with van der Waals surface area (Å²) in [4.78, 5) is 14.7. The zero-order chi connectivity index (χ0) is 15.1. The Morgan fingerprint density at radius 3 is 2.60 bits per heavy atom. The number of carbonyl (C=O) groups excluding carboxylic acids is 1. The molecule has 1 rings (SSSR count). The number of nitrogens with zero attached hydrogens (tertiary/aromatic N) is 1. The number of hydrogen-bond acceptors (Lipinski definition) is 3.